The normalized spacial score (nSPS) is 19.5. The minimum Gasteiger partial charge on any atom is -0.497 e. The average Bonchev–Trinajstić information content (AvgIpc) is 2.36. The molecule has 0 bridgehead atoms. The van der Waals surface area contributed by atoms with Crippen molar-refractivity contribution >= 4 is 15.7 Å². The van der Waals surface area contributed by atoms with Crippen LogP contribution in [-0.4, -0.2) is 27.8 Å². The Kier molecular flexibility index (Phi) is 3.52. The van der Waals surface area contributed by atoms with E-state index in [1.165, 1.54) is 4.31 Å². The van der Waals surface area contributed by atoms with Crippen molar-refractivity contribution in [3.63, 3.8) is 0 Å². The molecule has 0 spiro atoms. The van der Waals surface area contributed by atoms with Gasteiger partial charge in [-0.1, -0.05) is 6.92 Å². The summed E-state index contributed by atoms with van der Waals surface area (Å²) in [5, 5.41) is 0. The highest BCUT2D eigenvalue weighted by molar-refractivity contribution is 7.92. The van der Waals surface area contributed by atoms with Gasteiger partial charge >= 0.3 is 0 Å². The van der Waals surface area contributed by atoms with Crippen LogP contribution in [0.25, 0.3) is 0 Å². The zero-order valence-corrected chi connectivity index (χ0v) is 11.8. The van der Waals surface area contributed by atoms with Crippen LogP contribution in [0, 0.1) is 5.92 Å². The number of anilines is 1. The van der Waals surface area contributed by atoms with E-state index >= 15 is 0 Å². The summed E-state index contributed by atoms with van der Waals surface area (Å²) in [4.78, 5) is 0. The fourth-order valence-electron chi connectivity index (χ4n) is 2.34. The zero-order chi connectivity index (χ0) is 13.3. The zero-order valence-electron chi connectivity index (χ0n) is 11.0. The molecule has 0 aromatic heterocycles. The summed E-state index contributed by atoms with van der Waals surface area (Å²) in [5.74, 6) is 1.23. The lowest BCUT2D eigenvalue weighted by Gasteiger charge is -2.33. The van der Waals surface area contributed by atoms with Gasteiger partial charge in [-0.15, -0.1) is 0 Å². The molecule has 0 aliphatic carbocycles. The van der Waals surface area contributed by atoms with Gasteiger partial charge in [0.1, 0.15) is 5.75 Å². The maximum Gasteiger partial charge on any atom is 0.234 e. The molecule has 0 radical (unpaired) electrons. The van der Waals surface area contributed by atoms with E-state index in [4.69, 9.17) is 4.74 Å². The molecular weight excluding hydrogens is 250 g/mol. The minimum absolute atomic E-state index is 0.130. The van der Waals surface area contributed by atoms with Crippen molar-refractivity contribution in [2.75, 3.05) is 23.7 Å². The van der Waals surface area contributed by atoms with E-state index in [1.807, 2.05) is 18.2 Å². The number of ether oxygens (including phenoxy) is 1. The number of nitrogens with zero attached hydrogens (tertiary/aromatic N) is 1. The monoisotopic (exact) mass is 269 g/mol. The molecule has 1 aliphatic rings. The molecule has 4 nitrogen and oxygen atoms in total. The van der Waals surface area contributed by atoms with E-state index in [2.05, 4.69) is 6.92 Å². The Balaban J connectivity index is 2.50. The van der Waals surface area contributed by atoms with E-state index in [1.54, 1.807) is 14.0 Å². The largest absolute Gasteiger partial charge is 0.497 e. The Morgan fingerprint density at radius 1 is 1.44 bits per heavy atom. The number of hydrogen-bond acceptors (Lipinski definition) is 3. The van der Waals surface area contributed by atoms with Crippen molar-refractivity contribution in [2.45, 2.75) is 20.3 Å². The van der Waals surface area contributed by atoms with Crippen LogP contribution in [0.4, 0.5) is 5.69 Å². The van der Waals surface area contributed by atoms with Gasteiger partial charge in [-0.25, -0.2) is 8.42 Å². The van der Waals surface area contributed by atoms with Crippen molar-refractivity contribution in [3.8, 4) is 5.75 Å². The highest BCUT2D eigenvalue weighted by Crippen LogP contribution is 2.34. The maximum atomic E-state index is 12.1. The molecule has 0 amide bonds. The van der Waals surface area contributed by atoms with Gasteiger partial charge in [0.25, 0.3) is 0 Å². The molecule has 18 heavy (non-hydrogen) atoms. The Morgan fingerprint density at radius 2 is 2.17 bits per heavy atom. The van der Waals surface area contributed by atoms with Crippen molar-refractivity contribution < 1.29 is 13.2 Å². The molecule has 1 aromatic rings. The van der Waals surface area contributed by atoms with Crippen LogP contribution in [0.5, 0.6) is 5.75 Å². The lowest BCUT2D eigenvalue weighted by atomic mass is 9.95. The van der Waals surface area contributed by atoms with Crippen LogP contribution in [-0.2, 0) is 16.4 Å². The van der Waals surface area contributed by atoms with Crippen molar-refractivity contribution in [1.29, 1.82) is 0 Å². The van der Waals surface area contributed by atoms with Crippen LogP contribution in [0.3, 0.4) is 0 Å². The third kappa shape index (κ3) is 2.32. The van der Waals surface area contributed by atoms with Gasteiger partial charge in [0.15, 0.2) is 0 Å². The smallest absolute Gasteiger partial charge is 0.234 e. The van der Waals surface area contributed by atoms with E-state index in [0.29, 0.717) is 12.5 Å². The number of fused-ring (bicyclic) bond motifs is 1. The average molecular weight is 269 g/mol. The summed E-state index contributed by atoms with van der Waals surface area (Å²) >= 11 is 0. The second-order valence-electron chi connectivity index (χ2n) is 4.74. The molecule has 100 valence electrons. The van der Waals surface area contributed by atoms with Crippen LogP contribution >= 0.6 is 0 Å². The van der Waals surface area contributed by atoms with E-state index in [9.17, 15) is 8.42 Å². The fourth-order valence-corrected chi connectivity index (χ4v) is 3.61. The lowest BCUT2D eigenvalue weighted by molar-refractivity contribution is 0.413. The van der Waals surface area contributed by atoms with Crippen molar-refractivity contribution in [2.24, 2.45) is 5.92 Å². The molecule has 1 aliphatic heterocycles. The molecule has 1 atom stereocenters. The molecule has 0 fully saturated rings. The molecule has 1 unspecified atom stereocenters. The quantitative estimate of drug-likeness (QED) is 0.843. The first-order valence-electron chi connectivity index (χ1n) is 6.15. The third-order valence-electron chi connectivity index (χ3n) is 3.30. The Morgan fingerprint density at radius 3 is 2.78 bits per heavy atom. The SMILES string of the molecule is CCS(=O)(=O)N1CC(C)Cc2cc(OC)ccc21. The molecule has 0 saturated heterocycles. The maximum absolute atomic E-state index is 12.1. The minimum atomic E-state index is -3.19. The Labute approximate surface area is 109 Å². The van der Waals surface area contributed by atoms with E-state index in [0.717, 1.165) is 23.4 Å². The number of benzene rings is 1. The highest BCUT2D eigenvalue weighted by atomic mass is 32.2. The van der Waals surface area contributed by atoms with Crippen molar-refractivity contribution in [3.05, 3.63) is 23.8 Å². The van der Waals surface area contributed by atoms with E-state index in [-0.39, 0.29) is 5.75 Å². The predicted molar refractivity (Wildman–Crippen MR) is 72.7 cm³/mol. The molecular formula is C13H19NO3S. The van der Waals surface area contributed by atoms with Gasteiger partial charge in [0.05, 0.1) is 18.6 Å². The molecule has 0 saturated carbocycles. The predicted octanol–water partition coefficient (Wildman–Crippen LogP) is 2.04. The molecule has 0 N–H and O–H groups in total. The van der Waals surface area contributed by atoms with Gasteiger partial charge in [0.2, 0.25) is 10.0 Å². The Hall–Kier alpha value is -1.23. The second kappa shape index (κ2) is 4.80. The van der Waals surface area contributed by atoms with Gasteiger partial charge in [0, 0.05) is 6.54 Å². The summed E-state index contributed by atoms with van der Waals surface area (Å²) in [6, 6.07) is 5.59. The second-order valence-corrected chi connectivity index (χ2v) is 6.92. The molecule has 5 heteroatoms. The summed E-state index contributed by atoms with van der Waals surface area (Å²) in [7, 11) is -1.58. The summed E-state index contributed by atoms with van der Waals surface area (Å²) in [5.41, 5.74) is 1.85. The molecule has 1 aromatic carbocycles. The number of methoxy groups -OCH3 is 1. The standard InChI is InChI=1S/C13H19NO3S/c1-4-18(15,16)14-9-10(2)7-11-8-12(17-3)5-6-13(11)14/h5-6,8,10H,4,7,9H2,1-3H3. The molecule has 2 rings (SSSR count). The first-order chi connectivity index (χ1) is 8.47. The van der Waals surface area contributed by atoms with Crippen molar-refractivity contribution in [1.82, 2.24) is 0 Å². The van der Waals surface area contributed by atoms with Crippen LogP contribution in [0.15, 0.2) is 18.2 Å². The van der Waals surface area contributed by atoms with Crippen LogP contribution in [0.1, 0.15) is 19.4 Å². The van der Waals surface area contributed by atoms with Gasteiger partial charge in [-0.3, -0.25) is 4.31 Å². The molecule has 1 heterocycles. The number of hydrogen-bond donors (Lipinski definition) is 0. The van der Waals surface area contributed by atoms with Crippen LogP contribution < -0.4 is 9.04 Å². The first kappa shape index (κ1) is 13.2. The van der Waals surface area contributed by atoms with Gasteiger partial charge in [-0.2, -0.15) is 0 Å². The third-order valence-corrected chi connectivity index (χ3v) is 5.05. The van der Waals surface area contributed by atoms with Crippen LogP contribution in [0.2, 0.25) is 0 Å². The summed E-state index contributed by atoms with van der Waals surface area (Å²) < 4.78 is 31.0. The highest BCUT2D eigenvalue weighted by Gasteiger charge is 2.29. The van der Waals surface area contributed by atoms with Gasteiger partial charge < -0.3 is 4.74 Å². The number of rotatable bonds is 3. The lowest BCUT2D eigenvalue weighted by Crippen LogP contribution is -2.40. The first-order valence-corrected chi connectivity index (χ1v) is 7.76. The summed E-state index contributed by atoms with van der Waals surface area (Å²) in [6.07, 6.45) is 0.891. The van der Waals surface area contributed by atoms with E-state index < -0.39 is 10.0 Å². The fraction of sp³-hybridized carbons (Fsp3) is 0.538. The topological polar surface area (TPSA) is 46.6 Å². The summed E-state index contributed by atoms with van der Waals surface area (Å²) in [6.45, 7) is 4.31. The Bertz CT molecular complexity index is 539. The number of sulfonamides is 1. The van der Waals surface area contributed by atoms with Gasteiger partial charge in [-0.05, 0) is 43.0 Å².